The molecule has 0 fully saturated rings. The molecule has 0 atom stereocenters. The number of unbranched alkanes of at least 4 members (excludes halogenated alkanes) is 1. The number of halogens is 2. The molecule has 2 aromatic heterocycles. The van der Waals surface area contributed by atoms with Crippen molar-refractivity contribution >= 4 is 75.1 Å². The Hall–Kier alpha value is -3.33. The van der Waals surface area contributed by atoms with Crippen LogP contribution in [0.2, 0.25) is 10.0 Å². The number of thiophene rings is 1. The Labute approximate surface area is 273 Å². The quantitative estimate of drug-likeness (QED) is 0.145. The lowest BCUT2D eigenvalue weighted by Crippen LogP contribution is -2.29. The molecule has 0 aliphatic carbocycles. The zero-order valence-electron chi connectivity index (χ0n) is 24.7. The number of nitrogens with zero attached hydrogens (tertiary/aromatic N) is 3. The molecule has 2 heterocycles. The van der Waals surface area contributed by atoms with Crippen molar-refractivity contribution < 1.29 is 33.4 Å². The SMILES string of the molecule is CCCCn1c(CNC(=O)COc2ccc(Cl)cc2Cl)nnc1SCC(=O)Nc1sc(C(=O)OCC)c(C)c1C(=O)OCC. The summed E-state index contributed by atoms with van der Waals surface area (Å²) in [6.07, 6.45) is 1.73. The molecule has 0 bridgehead atoms. The first kappa shape index (κ1) is 35.2. The summed E-state index contributed by atoms with van der Waals surface area (Å²) in [6.45, 7) is 7.70. The highest BCUT2D eigenvalue weighted by atomic mass is 35.5. The monoisotopic (exact) mass is 685 g/mol. The van der Waals surface area contributed by atoms with Crippen LogP contribution < -0.4 is 15.4 Å². The van der Waals surface area contributed by atoms with Crippen molar-refractivity contribution in [1.82, 2.24) is 20.1 Å². The molecule has 0 aliphatic rings. The summed E-state index contributed by atoms with van der Waals surface area (Å²) >= 11 is 14.1. The molecule has 3 rings (SSSR count). The predicted octanol–water partition coefficient (Wildman–Crippen LogP) is 5.53. The Morgan fingerprint density at radius 2 is 1.75 bits per heavy atom. The Morgan fingerprint density at radius 3 is 2.43 bits per heavy atom. The molecule has 0 radical (unpaired) electrons. The summed E-state index contributed by atoms with van der Waals surface area (Å²) in [5.41, 5.74) is 0.493. The number of hydrogen-bond acceptors (Lipinski definition) is 11. The highest BCUT2D eigenvalue weighted by Gasteiger charge is 2.27. The third kappa shape index (κ3) is 9.58. The van der Waals surface area contributed by atoms with Crippen LogP contribution >= 0.6 is 46.3 Å². The maximum Gasteiger partial charge on any atom is 0.348 e. The Balaban J connectivity index is 1.65. The van der Waals surface area contributed by atoms with Gasteiger partial charge in [-0.25, -0.2) is 9.59 Å². The first-order valence-electron chi connectivity index (χ1n) is 13.8. The molecular weight excluding hydrogens is 653 g/mol. The van der Waals surface area contributed by atoms with Gasteiger partial charge < -0.3 is 29.4 Å². The topological polar surface area (TPSA) is 151 Å². The third-order valence-electron chi connectivity index (χ3n) is 5.90. The van der Waals surface area contributed by atoms with Crippen molar-refractivity contribution in [3.63, 3.8) is 0 Å². The lowest BCUT2D eigenvalue weighted by molar-refractivity contribution is -0.123. The van der Waals surface area contributed by atoms with E-state index in [1.165, 1.54) is 6.07 Å². The van der Waals surface area contributed by atoms with E-state index in [4.69, 9.17) is 37.4 Å². The fourth-order valence-corrected chi connectivity index (χ4v) is 6.15. The Kier molecular flexibility index (Phi) is 13.8. The van der Waals surface area contributed by atoms with Gasteiger partial charge in [-0.15, -0.1) is 21.5 Å². The van der Waals surface area contributed by atoms with Gasteiger partial charge in [0.1, 0.15) is 15.6 Å². The van der Waals surface area contributed by atoms with Gasteiger partial charge in [0.05, 0.1) is 36.1 Å². The van der Waals surface area contributed by atoms with E-state index in [0.29, 0.717) is 38.9 Å². The van der Waals surface area contributed by atoms with Gasteiger partial charge in [0.25, 0.3) is 5.91 Å². The maximum absolute atomic E-state index is 13.0. The number of aromatic nitrogens is 3. The van der Waals surface area contributed by atoms with Gasteiger partial charge in [0, 0.05) is 11.6 Å². The molecule has 0 aliphatic heterocycles. The number of nitrogens with one attached hydrogen (secondary N) is 2. The summed E-state index contributed by atoms with van der Waals surface area (Å²) in [5, 5.41) is 15.4. The summed E-state index contributed by atoms with van der Waals surface area (Å²) in [5.74, 6) is -1.25. The highest BCUT2D eigenvalue weighted by Crippen LogP contribution is 2.34. The molecule has 16 heteroatoms. The van der Waals surface area contributed by atoms with Crippen LogP contribution in [0.1, 0.15) is 65.0 Å². The summed E-state index contributed by atoms with van der Waals surface area (Å²) in [4.78, 5) is 50.7. The molecule has 44 heavy (non-hydrogen) atoms. The van der Waals surface area contributed by atoms with Crippen LogP contribution in [0, 0.1) is 6.92 Å². The van der Waals surface area contributed by atoms with E-state index in [1.807, 2.05) is 11.5 Å². The van der Waals surface area contributed by atoms with E-state index < -0.39 is 17.8 Å². The molecule has 1 aromatic carbocycles. The van der Waals surface area contributed by atoms with E-state index in [1.54, 1.807) is 32.9 Å². The fourth-order valence-electron chi connectivity index (χ4n) is 3.80. The minimum Gasteiger partial charge on any atom is -0.482 e. The van der Waals surface area contributed by atoms with Crippen LogP contribution in [-0.4, -0.2) is 64.1 Å². The normalized spacial score (nSPS) is 10.8. The second-order valence-electron chi connectivity index (χ2n) is 9.08. The third-order valence-corrected chi connectivity index (χ3v) is 8.58. The van der Waals surface area contributed by atoms with Crippen molar-refractivity contribution in [2.75, 3.05) is 30.9 Å². The van der Waals surface area contributed by atoms with Crippen molar-refractivity contribution in [3.8, 4) is 5.75 Å². The van der Waals surface area contributed by atoms with Crippen LogP contribution in [0.3, 0.4) is 0 Å². The minimum absolute atomic E-state index is 0.0553. The maximum atomic E-state index is 13.0. The predicted molar refractivity (Wildman–Crippen MR) is 169 cm³/mol. The largest absolute Gasteiger partial charge is 0.482 e. The summed E-state index contributed by atoms with van der Waals surface area (Å²) in [7, 11) is 0. The molecule has 0 unspecified atom stereocenters. The molecule has 0 saturated carbocycles. The number of carbonyl (C=O) groups is 4. The van der Waals surface area contributed by atoms with E-state index in [0.717, 1.165) is 35.9 Å². The zero-order chi connectivity index (χ0) is 32.2. The molecule has 12 nitrogen and oxygen atoms in total. The van der Waals surface area contributed by atoms with Gasteiger partial charge in [0.15, 0.2) is 17.6 Å². The van der Waals surface area contributed by atoms with Crippen LogP contribution in [0.4, 0.5) is 5.00 Å². The van der Waals surface area contributed by atoms with E-state index in [2.05, 4.69) is 20.8 Å². The number of amides is 2. The average molecular weight is 687 g/mol. The van der Waals surface area contributed by atoms with E-state index in [-0.39, 0.29) is 53.5 Å². The van der Waals surface area contributed by atoms with Gasteiger partial charge in [-0.1, -0.05) is 48.3 Å². The molecule has 3 aromatic rings. The highest BCUT2D eigenvalue weighted by molar-refractivity contribution is 7.99. The van der Waals surface area contributed by atoms with Gasteiger partial charge in [-0.3, -0.25) is 9.59 Å². The smallest absolute Gasteiger partial charge is 0.348 e. The number of benzene rings is 1. The Bertz CT molecular complexity index is 1500. The first-order valence-corrected chi connectivity index (χ1v) is 16.3. The van der Waals surface area contributed by atoms with Crippen LogP contribution in [0.5, 0.6) is 5.75 Å². The number of hydrogen-bond donors (Lipinski definition) is 2. The fraction of sp³-hybridized carbons (Fsp3) is 0.429. The van der Waals surface area contributed by atoms with Crippen molar-refractivity contribution in [1.29, 1.82) is 0 Å². The number of thioether (sulfide) groups is 1. The first-order chi connectivity index (χ1) is 21.1. The summed E-state index contributed by atoms with van der Waals surface area (Å²) < 4.78 is 17.6. The Morgan fingerprint density at radius 1 is 1.02 bits per heavy atom. The number of ether oxygens (including phenoxy) is 3. The van der Waals surface area contributed by atoms with Crippen LogP contribution in [-0.2, 0) is 32.2 Å². The van der Waals surface area contributed by atoms with Gasteiger partial charge in [0.2, 0.25) is 5.91 Å². The lowest BCUT2D eigenvalue weighted by Gasteiger charge is -2.11. The van der Waals surface area contributed by atoms with E-state index in [9.17, 15) is 19.2 Å². The van der Waals surface area contributed by atoms with Gasteiger partial charge in [-0.05, 0) is 51.0 Å². The van der Waals surface area contributed by atoms with Crippen molar-refractivity contribution in [2.24, 2.45) is 0 Å². The molecule has 2 N–H and O–H groups in total. The molecule has 0 spiro atoms. The summed E-state index contributed by atoms with van der Waals surface area (Å²) in [6, 6.07) is 4.71. The molecule has 0 saturated heterocycles. The minimum atomic E-state index is -0.646. The molecular formula is C28H33Cl2N5O7S2. The number of carbonyl (C=O) groups excluding carboxylic acids is 4. The number of esters is 2. The average Bonchev–Trinajstić information content (AvgIpc) is 3.52. The molecule has 2 amide bonds. The van der Waals surface area contributed by atoms with Crippen LogP contribution in [0.25, 0.3) is 0 Å². The number of rotatable bonds is 16. The van der Waals surface area contributed by atoms with Crippen molar-refractivity contribution in [2.45, 2.75) is 58.8 Å². The zero-order valence-corrected chi connectivity index (χ0v) is 27.8. The van der Waals surface area contributed by atoms with Gasteiger partial charge >= 0.3 is 11.9 Å². The molecule has 238 valence electrons. The second-order valence-corrected chi connectivity index (χ2v) is 11.9. The lowest BCUT2D eigenvalue weighted by atomic mass is 10.1. The number of anilines is 1. The van der Waals surface area contributed by atoms with Gasteiger partial charge in [-0.2, -0.15) is 0 Å². The van der Waals surface area contributed by atoms with E-state index >= 15 is 0 Å². The standard InChI is InChI=1S/C28H33Cl2N5O7S2/c1-5-8-11-35-20(13-31-21(36)14-42-19-10-9-17(29)12-18(19)30)33-34-28(35)43-15-22(37)32-25-23(26(38)40-6-2)16(4)24(44-25)27(39)41-7-3/h9-10,12H,5-8,11,13-15H2,1-4H3,(H,31,36)(H,32,37). The second kappa shape index (κ2) is 17.2. The van der Waals surface area contributed by atoms with Crippen LogP contribution in [0.15, 0.2) is 23.4 Å². The van der Waals surface area contributed by atoms with Crippen molar-refractivity contribution in [3.05, 3.63) is 50.1 Å².